The van der Waals surface area contributed by atoms with E-state index in [1.54, 1.807) is 0 Å². The quantitative estimate of drug-likeness (QED) is 0.112. The van der Waals surface area contributed by atoms with Crippen molar-refractivity contribution >= 4 is 89.0 Å². The SMILES string of the molecule is CC(C)c1cc(C(C)C)c(B(/C=C/c2ccc3ccc4cccc5ccc2c3c45)/C=C/c2ccc3ccc4cccc5ccc2c3c45)c(C(C)C)c1. The molecule has 1 heteroatoms. The van der Waals surface area contributed by atoms with E-state index in [-0.39, 0.29) is 6.71 Å². The van der Waals surface area contributed by atoms with Crippen LogP contribution in [0.3, 0.4) is 0 Å². The van der Waals surface area contributed by atoms with Crippen LogP contribution in [-0.4, -0.2) is 6.71 Å². The first-order valence-electron chi connectivity index (χ1n) is 19.1. The summed E-state index contributed by atoms with van der Waals surface area (Å²) in [4.78, 5) is 0. The zero-order chi connectivity index (χ0) is 35.7. The van der Waals surface area contributed by atoms with Crippen molar-refractivity contribution in [1.82, 2.24) is 0 Å². The minimum atomic E-state index is 0.0908. The van der Waals surface area contributed by atoms with Crippen LogP contribution in [0.25, 0.3) is 76.8 Å². The third-order valence-corrected chi connectivity index (χ3v) is 11.6. The molecule has 0 unspecified atom stereocenters. The third kappa shape index (κ3) is 5.29. The van der Waals surface area contributed by atoms with Gasteiger partial charge < -0.3 is 0 Å². The molecule has 0 fully saturated rings. The van der Waals surface area contributed by atoms with Crippen LogP contribution in [0.4, 0.5) is 0 Å². The maximum atomic E-state index is 2.50. The number of hydrogen-bond acceptors (Lipinski definition) is 0. The molecule has 0 bridgehead atoms. The van der Waals surface area contributed by atoms with Gasteiger partial charge in [0, 0.05) is 0 Å². The van der Waals surface area contributed by atoms with E-state index in [0.717, 1.165) is 0 Å². The average Bonchev–Trinajstić information content (AvgIpc) is 3.16. The van der Waals surface area contributed by atoms with E-state index in [4.69, 9.17) is 0 Å². The smallest absolute Gasteiger partial charge is 0.105 e. The first-order valence-corrected chi connectivity index (χ1v) is 19.1. The van der Waals surface area contributed by atoms with Crippen LogP contribution in [0.15, 0.2) is 133 Å². The fourth-order valence-corrected chi connectivity index (χ4v) is 8.87. The normalized spacial score (nSPS) is 12.8. The van der Waals surface area contributed by atoms with E-state index >= 15 is 0 Å². The summed E-state index contributed by atoms with van der Waals surface area (Å²) in [5, 5.41) is 15.9. The summed E-state index contributed by atoms with van der Waals surface area (Å²) in [6.07, 6.45) is 4.80. The number of rotatable bonds is 8. The van der Waals surface area contributed by atoms with Crippen molar-refractivity contribution in [3.05, 3.63) is 161 Å². The molecule has 9 aromatic rings. The predicted molar refractivity (Wildman–Crippen MR) is 232 cm³/mol. The Hall–Kier alpha value is -5.40. The van der Waals surface area contributed by atoms with Crippen molar-refractivity contribution < 1.29 is 0 Å². The van der Waals surface area contributed by atoms with Crippen LogP contribution >= 0.6 is 0 Å². The second-order valence-electron chi connectivity index (χ2n) is 15.8. The van der Waals surface area contributed by atoms with Crippen molar-refractivity contribution in [3.63, 3.8) is 0 Å². The lowest BCUT2D eigenvalue weighted by Gasteiger charge is -2.25. The molecule has 0 saturated carbocycles. The van der Waals surface area contributed by atoms with Gasteiger partial charge in [-0.05, 0) is 110 Å². The largest absolute Gasteiger partial charge is 0.227 e. The zero-order valence-electron chi connectivity index (χ0n) is 31.2. The van der Waals surface area contributed by atoms with Crippen molar-refractivity contribution in [2.75, 3.05) is 0 Å². The van der Waals surface area contributed by atoms with Crippen LogP contribution < -0.4 is 5.46 Å². The van der Waals surface area contributed by atoms with Gasteiger partial charge in [0.25, 0.3) is 0 Å². The Bertz CT molecular complexity index is 2610. The van der Waals surface area contributed by atoms with Crippen LogP contribution in [0.2, 0.25) is 0 Å². The predicted octanol–water partition coefficient (Wildman–Crippen LogP) is 14.1. The van der Waals surface area contributed by atoms with Gasteiger partial charge in [0.15, 0.2) is 0 Å². The molecule has 0 aromatic heterocycles. The molecule has 0 atom stereocenters. The van der Waals surface area contributed by atoms with E-state index < -0.39 is 0 Å². The lowest BCUT2D eigenvalue weighted by atomic mass is 9.41. The van der Waals surface area contributed by atoms with E-state index in [1.807, 2.05) is 0 Å². The molecule has 9 rings (SSSR count). The molecular weight excluding hydrogens is 623 g/mol. The maximum Gasteiger partial charge on any atom is 0.227 e. The molecule has 0 spiro atoms. The molecule has 0 saturated heterocycles. The molecule has 0 aliphatic heterocycles. The summed E-state index contributed by atoms with van der Waals surface area (Å²) in [5.41, 5.74) is 8.34. The fourth-order valence-electron chi connectivity index (χ4n) is 8.87. The molecule has 0 aliphatic rings. The molecule has 252 valence electrons. The Labute approximate surface area is 308 Å². The molecule has 0 radical (unpaired) electrons. The Morgan fingerprint density at radius 2 is 0.769 bits per heavy atom. The maximum absolute atomic E-state index is 2.50. The average molecular weight is 669 g/mol. The second-order valence-corrected chi connectivity index (χ2v) is 15.8. The van der Waals surface area contributed by atoms with Crippen molar-refractivity contribution in [2.45, 2.75) is 59.3 Å². The Kier molecular flexibility index (Phi) is 7.92. The highest BCUT2D eigenvalue weighted by atomic mass is 14.2. The van der Waals surface area contributed by atoms with Gasteiger partial charge in [-0.25, -0.2) is 0 Å². The first kappa shape index (κ1) is 32.5. The van der Waals surface area contributed by atoms with E-state index in [2.05, 4.69) is 187 Å². The summed E-state index contributed by atoms with van der Waals surface area (Å²) in [6.45, 7) is 14.2. The number of benzene rings is 9. The van der Waals surface area contributed by atoms with Gasteiger partial charge in [-0.15, -0.1) is 12.0 Å². The summed E-state index contributed by atoms with van der Waals surface area (Å²) in [5.74, 6) is 6.23. The van der Waals surface area contributed by atoms with Gasteiger partial charge in [0.2, 0.25) is 6.71 Å². The van der Waals surface area contributed by atoms with Gasteiger partial charge in [-0.2, -0.15) is 0 Å². The van der Waals surface area contributed by atoms with Crippen molar-refractivity contribution in [1.29, 1.82) is 0 Å². The molecule has 52 heavy (non-hydrogen) atoms. The van der Waals surface area contributed by atoms with Crippen molar-refractivity contribution in [2.24, 2.45) is 0 Å². The minimum Gasteiger partial charge on any atom is -0.105 e. The molecule has 0 heterocycles. The lowest BCUT2D eigenvalue weighted by molar-refractivity contribution is 0.812. The molecule has 0 nitrogen and oxygen atoms in total. The third-order valence-electron chi connectivity index (χ3n) is 11.6. The second kappa shape index (κ2) is 12.7. The van der Waals surface area contributed by atoms with Crippen LogP contribution in [0.5, 0.6) is 0 Å². The first-order chi connectivity index (χ1) is 25.3. The van der Waals surface area contributed by atoms with E-state index in [0.29, 0.717) is 17.8 Å². The van der Waals surface area contributed by atoms with Gasteiger partial charge >= 0.3 is 0 Å². The summed E-state index contributed by atoms with van der Waals surface area (Å²) in [6, 6.07) is 45.9. The standard InChI is InChI=1S/C51H45B/c1-31(2)42-29-45(32(3)4)51(46(30-42)33(5)6)52(27-25-34-13-15-40-19-17-36-9-7-11-38-21-23-43(34)49(40)47(36)38)28-26-35-14-16-41-20-18-37-10-8-12-39-22-24-44(35)50(41)48(37)39/h7-33H,1-6H3/b27-25+,28-26+. The summed E-state index contributed by atoms with van der Waals surface area (Å²) < 4.78 is 0. The molecule has 0 aliphatic carbocycles. The van der Waals surface area contributed by atoms with Gasteiger partial charge in [-0.3, -0.25) is 0 Å². The van der Waals surface area contributed by atoms with E-state index in [9.17, 15) is 0 Å². The Morgan fingerprint density at radius 1 is 0.404 bits per heavy atom. The zero-order valence-corrected chi connectivity index (χ0v) is 31.2. The highest BCUT2D eigenvalue weighted by Gasteiger charge is 2.24. The Balaban J connectivity index is 1.25. The molecule has 0 N–H and O–H groups in total. The summed E-state index contributed by atoms with van der Waals surface area (Å²) in [7, 11) is 0. The molecule has 9 aromatic carbocycles. The van der Waals surface area contributed by atoms with Crippen molar-refractivity contribution in [3.8, 4) is 0 Å². The lowest BCUT2D eigenvalue weighted by Crippen LogP contribution is -2.35. The van der Waals surface area contributed by atoms with Gasteiger partial charge in [-0.1, -0.05) is 180 Å². The van der Waals surface area contributed by atoms with Gasteiger partial charge in [0.05, 0.1) is 0 Å². The molecule has 0 amide bonds. The Morgan fingerprint density at radius 3 is 1.15 bits per heavy atom. The van der Waals surface area contributed by atoms with E-state index in [1.165, 1.54) is 97.9 Å². The van der Waals surface area contributed by atoms with Crippen LogP contribution in [0, 0.1) is 0 Å². The number of hydrogen-bond donors (Lipinski definition) is 0. The monoisotopic (exact) mass is 668 g/mol. The molecular formula is C51H45B. The van der Waals surface area contributed by atoms with Crippen LogP contribution in [0.1, 0.15) is 87.1 Å². The minimum absolute atomic E-state index is 0.0908. The van der Waals surface area contributed by atoms with Crippen LogP contribution in [-0.2, 0) is 0 Å². The fraction of sp³-hybridized carbons (Fsp3) is 0.176. The summed E-state index contributed by atoms with van der Waals surface area (Å²) >= 11 is 0. The topological polar surface area (TPSA) is 0 Å². The van der Waals surface area contributed by atoms with Gasteiger partial charge in [0.1, 0.15) is 0 Å². The highest BCUT2D eigenvalue weighted by Crippen LogP contribution is 2.38. The highest BCUT2D eigenvalue weighted by molar-refractivity contribution is 6.84.